The fourth-order valence-electron chi connectivity index (χ4n) is 2.64. The molecule has 1 heterocycles. The summed E-state index contributed by atoms with van der Waals surface area (Å²) in [5, 5.41) is 0. The molecule has 2 N–H and O–H groups in total. The fraction of sp³-hybridized carbons (Fsp3) is 0.375. The zero-order valence-corrected chi connectivity index (χ0v) is 11.6. The zero-order valence-electron chi connectivity index (χ0n) is 10.8. The smallest absolute Gasteiger partial charge is 0.0361 e. The highest BCUT2D eigenvalue weighted by atomic mass is 32.1. The van der Waals surface area contributed by atoms with E-state index in [0.717, 1.165) is 0 Å². The first-order valence-electron chi connectivity index (χ1n) is 6.71. The Labute approximate surface area is 113 Å². The third-order valence-electron chi connectivity index (χ3n) is 3.71. The van der Waals surface area contributed by atoms with Crippen LogP contribution in [0.2, 0.25) is 0 Å². The number of thiophene rings is 1. The van der Waals surface area contributed by atoms with Crippen molar-refractivity contribution in [3.05, 3.63) is 46.3 Å². The maximum Gasteiger partial charge on any atom is 0.0361 e. The Morgan fingerprint density at radius 1 is 1.06 bits per heavy atom. The van der Waals surface area contributed by atoms with Crippen molar-refractivity contribution in [2.75, 3.05) is 0 Å². The first-order valence-corrected chi connectivity index (χ1v) is 7.53. The van der Waals surface area contributed by atoms with Crippen molar-refractivity contribution < 1.29 is 0 Å². The molecule has 1 nitrogen and oxygen atoms in total. The van der Waals surface area contributed by atoms with Crippen molar-refractivity contribution in [2.24, 2.45) is 5.73 Å². The van der Waals surface area contributed by atoms with Crippen LogP contribution in [-0.4, -0.2) is 0 Å². The van der Waals surface area contributed by atoms with Crippen LogP contribution in [0.25, 0.3) is 10.4 Å². The largest absolute Gasteiger partial charge is 0.324 e. The number of aryl methyl sites for hydroxylation is 2. The summed E-state index contributed by atoms with van der Waals surface area (Å²) >= 11 is 1.82. The summed E-state index contributed by atoms with van der Waals surface area (Å²) in [6.45, 7) is 2.04. The van der Waals surface area contributed by atoms with Crippen LogP contribution in [0, 0.1) is 0 Å². The van der Waals surface area contributed by atoms with Crippen molar-refractivity contribution >= 4 is 11.3 Å². The molecule has 0 radical (unpaired) electrons. The number of rotatable bonds is 2. The number of fused-ring (bicyclic) bond motifs is 1. The lowest BCUT2D eigenvalue weighted by Crippen LogP contribution is -2.02. The third-order valence-corrected chi connectivity index (χ3v) is 5.04. The second-order valence-corrected chi connectivity index (χ2v) is 6.30. The van der Waals surface area contributed by atoms with Crippen molar-refractivity contribution in [1.29, 1.82) is 0 Å². The average Bonchev–Trinajstić information content (AvgIpc) is 2.88. The standard InChI is InChI=1S/C16H19NS/c1-11(17)15-8-9-16(18-15)14-7-6-12-4-2-3-5-13(12)10-14/h6-11H,2-5,17H2,1H3. The second kappa shape index (κ2) is 4.87. The quantitative estimate of drug-likeness (QED) is 0.852. The van der Waals surface area contributed by atoms with Crippen LogP contribution < -0.4 is 5.73 Å². The van der Waals surface area contributed by atoms with Gasteiger partial charge in [-0.3, -0.25) is 0 Å². The van der Waals surface area contributed by atoms with E-state index in [1.54, 1.807) is 11.1 Å². The van der Waals surface area contributed by atoms with Crippen molar-refractivity contribution in [3.8, 4) is 10.4 Å². The Morgan fingerprint density at radius 2 is 1.83 bits per heavy atom. The van der Waals surface area contributed by atoms with Crippen molar-refractivity contribution in [3.63, 3.8) is 0 Å². The Bertz CT molecular complexity index is 554. The molecule has 18 heavy (non-hydrogen) atoms. The van der Waals surface area contributed by atoms with E-state index in [4.69, 9.17) is 5.73 Å². The van der Waals surface area contributed by atoms with Gasteiger partial charge >= 0.3 is 0 Å². The minimum absolute atomic E-state index is 0.140. The summed E-state index contributed by atoms with van der Waals surface area (Å²) in [6, 6.07) is 11.5. The fourth-order valence-corrected chi connectivity index (χ4v) is 3.60. The molecule has 0 bridgehead atoms. The highest BCUT2D eigenvalue weighted by Gasteiger charge is 2.11. The van der Waals surface area contributed by atoms with E-state index in [1.165, 1.54) is 41.0 Å². The van der Waals surface area contributed by atoms with Crippen molar-refractivity contribution in [2.45, 2.75) is 38.6 Å². The first kappa shape index (κ1) is 11.9. The predicted molar refractivity (Wildman–Crippen MR) is 79.0 cm³/mol. The molecule has 1 aliphatic carbocycles. The molecule has 0 saturated carbocycles. The third kappa shape index (κ3) is 2.23. The Kier molecular flexibility index (Phi) is 3.23. The summed E-state index contributed by atoms with van der Waals surface area (Å²) in [4.78, 5) is 2.61. The molecular weight excluding hydrogens is 238 g/mol. The zero-order chi connectivity index (χ0) is 12.5. The Morgan fingerprint density at radius 3 is 2.56 bits per heavy atom. The van der Waals surface area contributed by atoms with E-state index < -0.39 is 0 Å². The maximum atomic E-state index is 5.93. The Hall–Kier alpha value is -1.12. The van der Waals surface area contributed by atoms with Gasteiger partial charge in [-0.25, -0.2) is 0 Å². The van der Waals surface area contributed by atoms with Crippen LogP contribution in [0.1, 0.15) is 41.8 Å². The molecule has 0 fully saturated rings. The van der Waals surface area contributed by atoms with E-state index in [0.29, 0.717) is 0 Å². The summed E-state index contributed by atoms with van der Waals surface area (Å²) in [5.74, 6) is 0. The molecule has 1 unspecified atom stereocenters. The van der Waals surface area contributed by atoms with E-state index in [9.17, 15) is 0 Å². The molecule has 1 aromatic heterocycles. The number of hydrogen-bond acceptors (Lipinski definition) is 2. The topological polar surface area (TPSA) is 26.0 Å². The second-order valence-electron chi connectivity index (χ2n) is 5.18. The summed E-state index contributed by atoms with van der Waals surface area (Å²) in [5.41, 5.74) is 10.4. The highest BCUT2D eigenvalue weighted by Crippen LogP contribution is 2.33. The summed E-state index contributed by atoms with van der Waals surface area (Å²) in [7, 11) is 0. The molecule has 0 spiro atoms. The number of benzene rings is 1. The van der Waals surface area contributed by atoms with E-state index in [2.05, 4.69) is 30.3 Å². The van der Waals surface area contributed by atoms with Gasteiger partial charge in [0, 0.05) is 15.8 Å². The van der Waals surface area contributed by atoms with Gasteiger partial charge in [-0.05, 0) is 61.4 Å². The molecule has 0 saturated heterocycles. The lowest BCUT2D eigenvalue weighted by atomic mass is 9.90. The molecule has 1 aliphatic rings. The van der Waals surface area contributed by atoms with Crippen LogP contribution >= 0.6 is 11.3 Å². The normalized spacial score (nSPS) is 16.3. The molecule has 1 aromatic carbocycles. The van der Waals surface area contributed by atoms with E-state index in [-0.39, 0.29) is 6.04 Å². The van der Waals surface area contributed by atoms with Crippen LogP contribution in [0.15, 0.2) is 30.3 Å². The lowest BCUT2D eigenvalue weighted by molar-refractivity contribution is 0.686. The van der Waals surface area contributed by atoms with Gasteiger partial charge in [0.1, 0.15) is 0 Å². The minimum Gasteiger partial charge on any atom is -0.324 e. The summed E-state index contributed by atoms with van der Waals surface area (Å²) < 4.78 is 0. The number of hydrogen-bond donors (Lipinski definition) is 1. The van der Waals surface area contributed by atoms with Gasteiger partial charge in [0.2, 0.25) is 0 Å². The molecule has 94 valence electrons. The van der Waals surface area contributed by atoms with E-state index in [1.807, 2.05) is 18.3 Å². The van der Waals surface area contributed by atoms with Crippen LogP contribution in [0.4, 0.5) is 0 Å². The average molecular weight is 257 g/mol. The van der Waals surface area contributed by atoms with Crippen molar-refractivity contribution in [1.82, 2.24) is 0 Å². The van der Waals surface area contributed by atoms with Gasteiger partial charge in [-0.2, -0.15) is 0 Å². The maximum absolute atomic E-state index is 5.93. The molecular formula is C16H19NS. The summed E-state index contributed by atoms with van der Waals surface area (Å²) in [6.07, 6.45) is 5.19. The molecule has 0 aliphatic heterocycles. The van der Waals surface area contributed by atoms with Crippen LogP contribution in [-0.2, 0) is 12.8 Å². The monoisotopic (exact) mass is 257 g/mol. The predicted octanol–water partition coefficient (Wildman–Crippen LogP) is 4.31. The molecule has 3 rings (SSSR count). The SMILES string of the molecule is CC(N)c1ccc(-c2ccc3c(c2)CCCC3)s1. The van der Waals surface area contributed by atoms with Gasteiger partial charge in [-0.1, -0.05) is 18.2 Å². The molecule has 0 amide bonds. The van der Waals surface area contributed by atoms with Gasteiger partial charge in [0.15, 0.2) is 0 Å². The number of nitrogens with two attached hydrogens (primary N) is 1. The lowest BCUT2D eigenvalue weighted by Gasteiger charge is -2.16. The van der Waals surface area contributed by atoms with Crippen LogP contribution in [0.5, 0.6) is 0 Å². The molecule has 1 atom stereocenters. The Balaban J connectivity index is 1.95. The van der Waals surface area contributed by atoms with Crippen LogP contribution in [0.3, 0.4) is 0 Å². The van der Waals surface area contributed by atoms with Gasteiger partial charge in [0.05, 0.1) is 0 Å². The van der Waals surface area contributed by atoms with Gasteiger partial charge in [-0.15, -0.1) is 11.3 Å². The first-order chi connectivity index (χ1) is 8.74. The molecule has 2 heteroatoms. The van der Waals surface area contributed by atoms with Gasteiger partial charge < -0.3 is 5.73 Å². The molecule has 2 aromatic rings. The minimum atomic E-state index is 0.140. The highest BCUT2D eigenvalue weighted by molar-refractivity contribution is 7.15. The van der Waals surface area contributed by atoms with Gasteiger partial charge in [0.25, 0.3) is 0 Å². The van der Waals surface area contributed by atoms with E-state index >= 15 is 0 Å².